The number of ether oxygens (including phenoxy) is 1. The Hall–Kier alpha value is -4.19. The van der Waals surface area contributed by atoms with Crippen LogP contribution in [0.5, 0.6) is 0 Å². The maximum Gasteiger partial charge on any atom is 0.188 e. The lowest BCUT2D eigenvalue weighted by atomic mass is 8.68. The van der Waals surface area contributed by atoms with Crippen molar-refractivity contribution in [2.75, 3.05) is 35.5 Å². The number of thiocarbonyl (C=S) groups is 1. The number of halogens is 7. The lowest BCUT2D eigenvalue weighted by Gasteiger charge is -2.13. The van der Waals surface area contributed by atoms with Crippen LogP contribution in [-0.2, 0) is 4.74 Å². The van der Waals surface area contributed by atoms with Gasteiger partial charge < -0.3 is 31.9 Å². The van der Waals surface area contributed by atoms with Gasteiger partial charge in [-0.3, -0.25) is 15.3 Å². The third-order valence-electron chi connectivity index (χ3n) is 7.91. The van der Waals surface area contributed by atoms with Gasteiger partial charge in [0.15, 0.2) is 27.7 Å². The Bertz CT molecular complexity index is 2810. The van der Waals surface area contributed by atoms with Gasteiger partial charge in [0.2, 0.25) is 0 Å². The second-order valence-corrected chi connectivity index (χ2v) is 17.0. The SMILES string of the molecule is C.CCO.CCOC(Cl)CCl.Clc1ccc2[nH]nc(Nc3nccs3)c2c1.N#Cc1cc(Cl)ccc1F.NC(=S)Nc1n[nH]c2ccc(Cl)cc12.Nc1n[nH]c2ccc(Cl)cc12.[B]B([B])B([B])B([B])[B]. The van der Waals surface area contributed by atoms with E-state index in [1.54, 1.807) is 43.5 Å². The van der Waals surface area contributed by atoms with Crippen LogP contribution in [0.4, 0.5) is 27.0 Å². The molecule has 0 amide bonds. The highest BCUT2D eigenvalue weighted by molar-refractivity contribution is 7.89. The Morgan fingerprint density at radius 1 is 0.843 bits per heavy atom. The predicted molar refractivity (Wildman–Crippen MR) is 307 cm³/mol. The van der Waals surface area contributed by atoms with Crippen molar-refractivity contribution in [2.24, 2.45) is 5.73 Å². The molecule has 1 atom stereocenters. The summed E-state index contributed by atoms with van der Waals surface area (Å²) in [5.74, 6) is 1.65. The van der Waals surface area contributed by atoms with Gasteiger partial charge in [0.05, 0.1) is 28.0 Å². The van der Waals surface area contributed by atoms with Crippen molar-refractivity contribution < 1.29 is 14.2 Å². The number of nitrogen functional groups attached to an aromatic ring is 1. The maximum absolute atomic E-state index is 12.5. The van der Waals surface area contributed by atoms with Crippen molar-refractivity contribution in [3.05, 3.63) is 116 Å². The zero-order valence-electron chi connectivity index (χ0n) is 36.6. The molecule has 0 spiro atoms. The van der Waals surface area contributed by atoms with E-state index in [1.807, 2.05) is 42.6 Å². The molecule has 4 heterocycles. The number of nitrogens with zero attached hydrogens (tertiary/aromatic N) is 5. The molecule has 8 rings (SSSR count). The van der Waals surface area contributed by atoms with Crippen LogP contribution in [-0.4, -0.2) is 128 Å². The summed E-state index contributed by atoms with van der Waals surface area (Å²) in [7, 11) is 25.8. The van der Waals surface area contributed by atoms with Gasteiger partial charge in [-0.2, -0.15) is 20.6 Å². The number of aromatic nitrogens is 7. The molecule has 0 saturated carbocycles. The number of thiazole rings is 1. The van der Waals surface area contributed by atoms with Gasteiger partial charge in [-0.1, -0.05) is 65.4 Å². The summed E-state index contributed by atoms with van der Waals surface area (Å²) < 4.78 is 17.3. The Morgan fingerprint density at radius 2 is 1.30 bits per heavy atom. The summed E-state index contributed by atoms with van der Waals surface area (Å²) in [5, 5.41) is 50.3. The first kappa shape index (κ1) is 63.8. The molecule has 0 aliphatic heterocycles. The monoisotopic (exact) mass is 1090 g/mol. The number of aromatic amines is 3. The van der Waals surface area contributed by atoms with Crippen LogP contribution >= 0.6 is 93.2 Å². The molecule has 8 aromatic rings. The number of hydrogen-bond donors (Lipinski definition) is 8. The Labute approximate surface area is 453 Å². The van der Waals surface area contributed by atoms with E-state index in [0.717, 1.165) is 43.7 Å². The third kappa shape index (κ3) is 22.9. The number of nitriles is 1. The van der Waals surface area contributed by atoms with Crippen LogP contribution in [0.3, 0.4) is 0 Å². The standard InChI is InChI=1S/C10H7ClN4S.C8H7ClN4S.C7H3ClFN.C7H6ClN3.C4H8Cl2O.C2H6O.CH4.B8/c11-6-1-2-8-7(5-6)9(15-14-8)13-10-12-3-4-16-10;9-4-1-2-6-5(3-4)7(13-12-6)11-8(10)14;8-6-1-2-7(9)5(3-6)4-10;8-4-1-2-6-5(3-4)7(9)11-10-6;1-2-7-4(6)3-5;1-2-3;;1-6(2)8(5)7(3)4/h1-5H,(H2,12,13,14,15);1-3H,(H4,10,11,12,13,14);1-3H;1-3H,(H3,9,10,11);4H,2-3H2,1H3;3H,2H2,1H3;1H4;. The molecule has 0 aliphatic rings. The quantitative estimate of drug-likeness (QED) is 0.0406. The summed E-state index contributed by atoms with van der Waals surface area (Å²) >= 11 is 40.0. The van der Waals surface area contributed by atoms with Gasteiger partial charge in [0, 0.05) is 119 Å². The van der Waals surface area contributed by atoms with Gasteiger partial charge in [-0.25, -0.2) is 9.37 Å². The van der Waals surface area contributed by atoms with Gasteiger partial charge in [0.25, 0.3) is 0 Å². The van der Waals surface area contributed by atoms with Crippen molar-refractivity contribution in [1.29, 1.82) is 5.26 Å². The predicted octanol–water partition coefficient (Wildman–Crippen LogP) is 8.85. The Kier molecular flexibility index (Phi) is 31.2. The number of nitrogens with one attached hydrogen (secondary N) is 5. The first-order chi connectivity index (χ1) is 32.8. The summed E-state index contributed by atoms with van der Waals surface area (Å²) in [5.41, 5.74) is 13.3. The van der Waals surface area contributed by atoms with E-state index in [1.165, 1.54) is 29.5 Å². The molecule has 0 bridgehead atoms. The molecule has 1 unspecified atom stereocenters. The van der Waals surface area contributed by atoms with Gasteiger partial charge in [0.1, 0.15) is 17.4 Å². The highest BCUT2D eigenvalue weighted by Gasteiger charge is 2.14. The van der Waals surface area contributed by atoms with Crippen LogP contribution < -0.4 is 22.1 Å². The molecule has 4 aromatic heterocycles. The van der Waals surface area contributed by atoms with Crippen molar-refractivity contribution in [2.45, 2.75) is 26.8 Å². The topological polar surface area (TPSA) is 228 Å². The fourth-order valence-corrected chi connectivity index (χ4v) is 6.27. The van der Waals surface area contributed by atoms with E-state index in [9.17, 15) is 4.39 Å². The first-order valence-electron chi connectivity index (χ1n) is 19.7. The molecule has 0 fully saturated rings. The number of aliphatic hydroxyl groups excluding tert-OH is 1. The number of anilines is 4. The maximum atomic E-state index is 12.5. The van der Waals surface area contributed by atoms with Crippen molar-refractivity contribution in [3.63, 3.8) is 0 Å². The number of H-pyrrole nitrogens is 3. The van der Waals surface area contributed by atoms with E-state index in [-0.39, 0.29) is 30.3 Å². The lowest BCUT2D eigenvalue weighted by Crippen LogP contribution is -2.52. The zero-order valence-corrected chi connectivity index (χ0v) is 42.8. The van der Waals surface area contributed by atoms with Crippen molar-refractivity contribution in [1.82, 2.24) is 35.6 Å². The molecule has 0 saturated heterocycles. The second kappa shape index (κ2) is 34.2. The average Bonchev–Trinajstić information content (AvgIpc) is 4.14. The fourth-order valence-electron chi connectivity index (χ4n) is 4.74. The van der Waals surface area contributed by atoms with Crippen LogP contribution in [0.25, 0.3) is 32.7 Å². The largest absolute Gasteiger partial charge is 0.397 e. The summed E-state index contributed by atoms with van der Waals surface area (Å²) in [6.07, 6.45) is -0.0329. The molecule has 70 heavy (non-hydrogen) atoms. The molecule has 4 aromatic carbocycles. The molecule has 10 radical (unpaired) electrons. The molecular weight excluding hydrogens is 1050 g/mol. The molecule has 354 valence electrons. The summed E-state index contributed by atoms with van der Waals surface area (Å²) in [4.78, 5) is 4.14. The Balaban J connectivity index is 0.000000423. The second-order valence-electron chi connectivity index (χ2n) is 13.1. The van der Waals surface area contributed by atoms with Crippen LogP contribution in [0, 0.1) is 17.1 Å². The van der Waals surface area contributed by atoms with Crippen molar-refractivity contribution in [3.8, 4) is 6.07 Å². The number of rotatable bonds is 8. The fraction of sp³-hybridized carbons (Fsp3) is 0.179. The number of hydrogen-bond acceptors (Lipinski definition) is 11. The van der Waals surface area contributed by atoms with E-state index < -0.39 is 25.0 Å². The molecule has 31 heteroatoms. The highest BCUT2D eigenvalue weighted by atomic mass is 35.5. The lowest BCUT2D eigenvalue weighted by molar-refractivity contribution is 0.134. The zero-order chi connectivity index (χ0) is 51.6. The Morgan fingerprint density at radius 3 is 1.71 bits per heavy atom. The minimum Gasteiger partial charge on any atom is -0.397 e. The number of alkyl halides is 2. The van der Waals surface area contributed by atoms with Crippen LogP contribution in [0.2, 0.25) is 20.1 Å². The van der Waals surface area contributed by atoms with Crippen molar-refractivity contribution >= 4 is 211 Å². The number of nitrogens with two attached hydrogens (primary N) is 2. The highest BCUT2D eigenvalue weighted by Crippen LogP contribution is 2.27. The third-order valence-corrected chi connectivity index (χ3v) is 10.4. The van der Waals surface area contributed by atoms with Crippen LogP contribution in [0.1, 0.15) is 26.8 Å². The van der Waals surface area contributed by atoms with E-state index >= 15 is 0 Å². The number of fused-ring (bicyclic) bond motifs is 3. The minimum atomic E-state index is -0.630. The number of aliphatic hydroxyl groups is 1. The molecule has 10 N–H and O–H groups in total. The number of benzene rings is 4. The van der Waals surface area contributed by atoms with Gasteiger partial charge in [-0.05, 0) is 98.9 Å². The average molecular weight is 1090 g/mol. The molecule has 14 nitrogen and oxygen atoms in total. The molecule has 0 aliphatic carbocycles. The minimum absolute atomic E-state index is 0. The van der Waals surface area contributed by atoms with E-state index in [0.29, 0.717) is 44.2 Å². The van der Waals surface area contributed by atoms with Crippen LogP contribution in [0.15, 0.2) is 84.4 Å². The smallest absolute Gasteiger partial charge is 0.188 e. The van der Waals surface area contributed by atoms with Gasteiger partial charge in [-0.15, -0.1) is 22.9 Å². The van der Waals surface area contributed by atoms with E-state index in [2.05, 4.69) is 46.2 Å². The summed E-state index contributed by atoms with van der Waals surface area (Å²) in [6, 6.07) is 22.0. The first-order valence-corrected chi connectivity index (χ1v) is 23.5. The molecular formula is C39H41B8Cl6FN12O2S2. The normalized spacial score (nSPS) is 10.1. The van der Waals surface area contributed by atoms with E-state index in [4.69, 9.17) is 147 Å². The van der Waals surface area contributed by atoms with Gasteiger partial charge >= 0.3 is 0 Å². The summed E-state index contributed by atoms with van der Waals surface area (Å²) in [6.45, 7) is 4.43.